The van der Waals surface area contributed by atoms with E-state index in [2.05, 4.69) is 43.4 Å². The van der Waals surface area contributed by atoms with E-state index in [0.717, 1.165) is 22.9 Å². The third kappa shape index (κ3) is 3.97. The molecule has 0 saturated carbocycles. The van der Waals surface area contributed by atoms with Gasteiger partial charge in [-0.15, -0.1) is 0 Å². The Morgan fingerprint density at radius 1 is 1.33 bits per heavy atom. The van der Waals surface area contributed by atoms with Gasteiger partial charge in [0.15, 0.2) is 0 Å². The molecule has 9 heteroatoms. The maximum Gasteiger partial charge on any atom is 0.317 e. The zero-order valence-electron chi connectivity index (χ0n) is 15.3. The molecule has 1 aliphatic rings. The molecule has 3 rings (SSSR count). The molecule has 1 aromatic carbocycles. The fraction of sp³-hybridized carbons (Fsp3) is 0.444. The minimum atomic E-state index is -0.689. The lowest BCUT2D eigenvalue weighted by atomic mass is 9.88. The summed E-state index contributed by atoms with van der Waals surface area (Å²) in [7, 11) is 0. The molecular formula is C18H22BrN5O3. The van der Waals surface area contributed by atoms with Gasteiger partial charge in [-0.1, -0.05) is 41.5 Å². The monoisotopic (exact) mass is 435 g/mol. The van der Waals surface area contributed by atoms with Crippen LogP contribution in [-0.2, 0) is 9.53 Å². The highest BCUT2D eigenvalue weighted by Crippen LogP contribution is 2.42. The van der Waals surface area contributed by atoms with Crippen LogP contribution in [-0.4, -0.2) is 39.4 Å². The average Bonchev–Trinajstić information content (AvgIpc) is 3.11. The molecule has 2 atom stereocenters. The number of carbonyl (C=O) groups is 1. The van der Waals surface area contributed by atoms with Crippen molar-refractivity contribution in [1.29, 1.82) is 0 Å². The lowest BCUT2D eigenvalue weighted by Crippen LogP contribution is -2.38. The van der Waals surface area contributed by atoms with E-state index in [4.69, 9.17) is 9.47 Å². The van der Waals surface area contributed by atoms with E-state index in [9.17, 15) is 4.79 Å². The van der Waals surface area contributed by atoms with Gasteiger partial charge in [0.1, 0.15) is 17.7 Å². The number of halogens is 1. The maximum absolute atomic E-state index is 12.8. The predicted octanol–water partition coefficient (Wildman–Crippen LogP) is 3.32. The van der Waals surface area contributed by atoms with Gasteiger partial charge in [0.2, 0.25) is 5.95 Å². The lowest BCUT2D eigenvalue weighted by Gasteiger charge is -2.33. The molecule has 0 amide bonds. The number of tetrazole rings is 1. The third-order valence-corrected chi connectivity index (χ3v) is 4.67. The SMILES string of the molecule is C=C1Nc2nnnn2C(c2cc(Br)ccc2OCCC)C1C(=O)OCCC. The summed E-state index contributed by atoms with van der Waals surface area (Å²) >= 11 is 3.51. The fourth-order valence-corrected chi connectivity index (χ4v) is 3.36. The Morgan fingerprint density at radius 3 is 2.85 bits per heavy atom. The van der Waals surface area contributed by atoms with Gasteiger partial charge in [-0.25, -0.2) is 4.68 Å². The Balaban J connectivity index is 2.10. The van der Waals surface area contributed by atoms with Gasteiger partial charge in [0, 0.05) is 15.7 Å². The smallest absolute Gasteiger partial charge is 0.317 e. The first-order chi connectivity index (χ1) is 13.1. The van der Waals surface area contributed by atoms with Crippen molar-refractivity contribution in [1.82, 2.24) is 20.2 Å². The van der Waals surface area contributed by atoms with Gasteiger partial charge in [-0.2, -0.15) is 0 Å². The van der Waals surface area contributed by atoms with Crippen molar-refractivity contribution >= 4 is 27.8 Å². The van der Waals surface area contributed by atoms with E-state index in [0.29, 0.717) is 30.6 Å². The number of ether oxygens (including phenoxy) is 2. The van der Waals surface area contributed by atoms with Gasteiger partial charge in [0.25, 0.3) is 0 Å². The normalized spacial score (nSPS) is 18.6. The summed E-state index contributed by atoms with van der Waals surface area (Å²) in [5.41, 5.74) is 1.28. The number of nitrogens with zero attached hydrogens (tertiary/aromatic N) is 4. The summed E-state index contributed by atoms with van der Waals surface area (Å²) in [5.74, 6) is 0.0354. The minimum Gasteiger partial charge on any atom is -0.493 e. The van der Waals surface area contributed by atoms with Crippen LogP contribution in [0.4, 0.5) is 5.95 Å². The predicted molar refractivity (Wildman–Crippen MR) is 103 cm³/mol. The molecule has 0 fully saturated rings. The van der Waals surface area contributed by atoms with Crippen molar-refractivity contribution in [2.75, 3.05) is 18.5 Å². The van der Waals surface area contributed by atoms with E-state index in [-0.39, 0.29) is 5.97 Å². The van der Waals surface area contributed by atoms with E-state index in [1.807, 2.05) is 32.0 Å². The van der Waals surface area contributed by atoms with Crippen LogP contribution in [0.15, 0.2) is 34.9 Å². The van der Waals surface area contributed by atoms with E-state index >= 15 is 0 Å². The van der Waals surface area contributed by atoms with Crippen LogP contribution in [0.2, 0.25) is 0 Å². The molecule has 1 aliphatic heterocycles. The molecule has 0 spiro atoms. The first kappa shape index (κ1) is 19.3. The average molecular weight is 436 g/mol. The van der Waals surface area contributed by atoms with Crippen molar-refractivity contribution in [3.63, 3.8) is 0 Å². The Bertz CT molecular complexity index is 838. The van der Waals surface area contributed by atoms with Gasteiger partial charge < -0.3 is 14.8 Å². The lowest BCUT2D eigenvalue weighted by molar-refractivity contribution is -0.148. The second kappa shape index (κ2) is 8.51. The Labute approximate surface area is 166 Å². The number of carbonyl (C=O) groups excluding carboxylic acids is 1. The second-order valence-corrected chi connectivity index (χ2v) is 7.13. The zero-order valence-corrected chi connectivity index (χ0v) is 16.9. The maximum atomic E-state index is 12.8. The number of benzene rings is 1. The van der Waals surface area contributed by atoms with Crippen LogP contribution in [0.25, 0.3) is 0 Å². The molecule has 1 N–H and O–H groups in total. The highest BCUT2D eigenvalue weighted by molar-refractivity contribution is 9.10. The molecule has 27 heavy (non-hydrogen) atoms. The van der Waals surface area contributed by atoms with E-state index in [1.54, 1.807) is 4.68 Å². The quantitative estimate of drug-likeness (QED) is 0.666. The summed E-state index contributed by atoms with van der Waals surface area (Å²) in [6.07, 6.45) is 1.60. The molecular weight excluding hydrogens is 414 g/mol. The molecule has 144 valence electrons. The van der Waals surface area contributed by atoms with Crippen LogP contribution in [0.5, 0.6) is 5.75 Å². The standard InChI is InChI=1S/C18H22BrN5O3/c1-4-8-26-14-7-6-12(19)10-13(14)16-15(17(25)27-9-5-2)11(3)20-18-21-22-23-24(16)18/h6-7,10,15-16H,3-5,8-9H2,1-2H3,(H,20,21,23). The Hall–Kier alpha value is -2.42. The number of anilines is 1. The highest BCUT2D eigenvalue weighted by atomic mass is 79.9. The van der Waals surface area contributed by atoms with Gasteiger partial charge >= 0.3 is 5.97 Å². The third-order valence-electron chi connectivity index (χ3n) is 4.17. The topological polar surface area (TPSA) is 91.2 Å². The summed E-state index contributed by atoms with van der Waals surface area (Å²) in [5, 5.41) is 14.8. The first-order valence-electron chi connectivity index (χ1n) is 8.89. The summed E-state index contributed by atoms with van der Waals surface area (Å²) in [6.45, 7) is 8.91. The molecule has 2 aromatic rings. The summed E-state index contributed by atoms with van der Waals surface area (Å²) in [4.78, 5) is 12.8. The van der Waals surface area contributed by atoms with Crippen LogP contribution >= 0.6 is 15.9 Å². The van der Waals surface area contributed by atoms with Crippen LogP contribution in [0.1, 0.15) is 38.3 Å². The number of rotatable bonds is 7. The van der Waals surface area contributed by atoms with Crippen LogP contribution in [0, 0.1) is 5.92 Å². The molecule has 0 saturated heterocycles. The summed E-state index contributed by atoms with van der Waals surface area (Å²) < 4.78 is 13.8. The molecule has 8 nitrogen and oxygen atoms in total. The van der Waals surface area contributed by atoms with E-state index in [1.165, 1.54) is 0 Å². The van der Waals surface area contributed by atoms with Crippen molar-refractivity contribution in [2.45, 2.75) is 32.7 Å². The Kier molecular flexibility index (Phi) is 6.10. The number of aromatic nitrogens is 4. The van der Waals surface area contributed by atoms with Gasteiger partial charge in [-0.05, 0) is 41.5 Å². The van der Waals surface area contributed by atoms with Crippen molar-refractivity contribution in [3.05, 3.63) is 40.5 Å². The number of esters is 1. The molecule has 1 aromatic heterocycles. The fourth-order valence-electron chi connectivity index (χ4n) is 2.99. The largest absolute Gasteiger partial charge is 0.493 e. The van der Waals surface area contributed by atoms with E-state index < -0.39 is 12.0 Å². The van der Waals surface area contributed by atoms with Gasteiger partial charge in [0.05, 0.1) is 13.2 Å². The number of hydrogen-bond acceptors (Lipinski definition) is 7. The van der Waals surface area contributed by atoms with Gasteiger partial charge in [-0.3, -0.25) is 4.79 Å². The van der Waals surface area contributed by atoms with Crippen LogP contribution in [0.3, 0.4) is 0 Å². The van der Waals surface area contributed by atoms with Crippen molar-refractivity contribution < 1.29 is 14.3 Å². The van der Waals surface area contributed by atoms with Crippen LogP contribution < -0.4 is 10.1 Å². The first-order valence-corrected chi connectivity index (χ1v) is 9.68. The molecule has 0 bridgehead atoms. The number of hydrogen-bond donors (Lipinski definition) is 1. The molecule has 2 heterocycles. The second-order valence-electron chi connectivity index (χ2n) is 6.22. The molecule has 0 radical (unpaired) electrons. The van der Waals surface area contributed by atoms with Crippen molar-refractivity contribution in [2.24, 2.45) is 5.92 Å². The molecule has 0 aliphatic carbocycles. The highest BCUT2D eigenvalue weighted by Gasteiger charge is 2.42. The number of nitrogens with one attached hydrogen (secondary N) is 1. The molecule has 2 unspecified atom stereocenters. The van der Waals surface area contributed by atoms with Crippen molar-refractivity contribution in [3.8, 4) is 5.75 Å². The summed E-state index contributed by atoms with van der Waals surface area (Å²) in [6, 6.07) is 5.16. The Morgan fingerprint density at radius 2 is 2.11 bits per heavy atom. The minimum absolute atomic E-state index is 0.343. The number of fused-ring (bicyclic) bond motifs is 1. The zero-order chi connectivity index (χ0) is 19.4.